The maximum atomic E-state index is 11.4. The van der Waals surface area contributed by atoms with Crippen LogP contribution in [0, 0.1) is 0 Å². The lowest BCUT2D eigenvalue weighted by Gasteiger charge is -2.22. The van der Waals surface area contributed by atoms with Gasteiger partial charge in [-0.3, -0.25) is 4.79 Å². The highest BCUT2D eigenvalue weighted by Crippen LogP contribution is 2.39. The first-order valence-corrected chi connectivity index (χ1v) is 6.01. The van der Waals surface area contributed by atoms with Crippen molar-refractivity contribution in [3.63, 3.8) is 0 Å². The summed E-state index contributed by atoms with van der Waals surface area (Å²) in [5.41, 5.74) is 0.527. The third-order valence-corrected chi connectivity index (χ3v) is 3.10. The van der Waals surface area contributed by atoms with E-state index in [2.05, 4.69) is 5.32 Å². The molecule has 19 heavy (non-hydrogen) atoms. The molecule has 0 radical (unpaired) electrons. The zero-order chi connectivity index (χ0) is 13.3. The minimum absolute atomic E-state index is 0.135. The van der Waals surface area contributed by atoms with Crippen molar-refractivity contribution >= 4 is 12.0 Å². The maximum absolute atomic E-state index is 11.4. The molecule has 3 rings (SSSR count). The van der Waals surface area contributed by atoms with Crippen molar-refractivity contribution in [1.82, 2.24) is 0 Å². The molecule has 0 amide bonds. The Morgan fingerprint density at radius 2 is 2.00 bits per heavy atom. The Kier molecular flexibility index (Phi) is 2.63. The van der Waals surface area contributed by atoms with Gasteiger partial charge >= 0.3 is 0 Å². The Labute approximate surface area is 110 Å². The van der Waals surface area contributed by atoms with Gasteiger partial charge in [0.1, 0.15) is 11.5 Å². The third-order valence-electron chi connectivity index (χ3n) is 3.10. The van der Waals surface area contributed by atoms with Crippen LogP contribution in [0.2, 0.25) is 0 Å². The first kappa shape index (κ1) is 11.6. The molecular weight excluding hydrogens is 242 g/mol. The van der Waals surface area contributed by atoms with Crippen LogP contribution in [-0.4, -0.2) is 17.1 Å². The average molecular weight is 255 g/mol. The topological polar surface area (TPSA) is 58.6 Å². The van der Waals surface area contributed by atoms with E-state index in [4.69, 9.17) is 4.74 Å². The lowest BCUT2D eigenvalue weighted by atomic mass is 10.0. The van der Waals surface area contributed by atoms with Gasteiger partial charge in [-0.15, -0.1) is 0 Å². The number of hydrogen-bond acceptors (Lipinski definition) is 4. The first-order chi connectivity index (χ1) is 9.21. The summed E-state index contributed by atoms with van der Waals surface area (Å²) in [5.74, 6) is 0.706. The lowest BCUT2D eigenvalue weighted by Crippen LogP contribution is -2.44. The number of phenolic OH excluding ortho intramolecular Hbond substituents is 1. The molecule has 4 heteroatoms. The number of ether oxygens (including phenoxy) is 1. The molecule has 2 aromatic carbocycles. The zero-order valence-corrected chi connectivity index (χ0v) is 10.2. The number of rotatable bonds is 3. The fourth-order valence-corrected chi connectivity index (χ4v) is 2.23. The first-order valence-electron chi connectivity index (χ1n) is 6.01. The minimum Gasteiger partial charge on any atom is -0.508 e. The van der Waals surface area contributed by atoms with Crippen molar-refractivity contribution < 1.29 is 14.6 Å². The quantitative estimate of drug-likeness (QED) is 0.826. The number of aldehydes is 1. The van der Waals surface area contributed by atoms with E-state index < -0.39 is 5.72 Å². The molecule has 2 aromatic rings. The molecule has 0 aliphatic carbocycles. The second-order valence-electron chi connectivity index (χ2n) is 4.58. The second-order valence-corrected chi connectivity index (χ2v) is 4.58. The summed E-state index contributed by atoms with van der Waals surface area (Å²) in [4.78, 5) is 11.4. The maximum Gasteiger partial charge on any atom is 0.241 e. The van der Waals surface area contributed by atoms with Gasteiger partial charge in [-0.2, -0.15) is 0 Å². The minimum atomic E-state index is -1.10. The van der Waals surface area contributed by atoms with Gasteiger partial charge in [-0.1, -0.05) is 30.3 Å². The lowest BCUT2D eigenvalue weighted by molar-refractivity contribution is -0.118. The summed E-state index contributed by atoms with van der Waals surface area (Å²) in [6, 6.07) is 14.4. The van der Waals surface area contributed by atoms with Crippen molar-refractivity contribution in [3.05, 3.63) is 54.1 Å². The van der Waals surface area contributed by atoms with Crippen molar-refractivity contribution in [3.8, 4) is 11.5 Å². The zero-order valence-electron chi connectivity index (χ0n) is 10.2. The molecule has 1 heterocycles. The van der Waals surface area contributed by atoms with E-state index in [1.807, 2.05) is 30.3 Å². The number of fused-ring (bicyclic) bond motifs is 1. The standard InChI is InChI=1S/C15H13NO3/c17-10-15(9-11-4-2-1-3-5-11)16-13-8-12(18)6-7-14(13)19-15/h1-8,10,16,18H,9H2. The summed E-state index contributed by atoms with van der Waals surface area (Å²) in [6.45, 7) is 0. The number of carbonyl (C=O) groups is 1. The molecule has 0 bridgehead atoms. The van der Waals surface area contributed by atoms with Gasteiger partial charge < -0.3 is 15.2 Å². The van der Waals surface area contributed by atoms with Crippen LogP contribution in [0.5, 0.6) is 11.5 Å². The molecule has 1 aliphatic heterocycles. The third kappa shape index (κ3) is 2.12. The normalized spacial score (nSPS) is 20.2. The van der Waals surface area contributed by atoms with Crippen LogP contribution in [-0.2, 0) is 11.2 Å². The number of anilines is 1. The van der Waals surface area contributed by atoms with Crippen LogP contribution in [0.3, 0.4) is 0 Å². The van der Waals surface area contributed by atoms with E-state index in [0.29, 0.717) is 17.9 Å². The molecule has 1 aliphatic rings. The summed E-state index contributed by atoms with van der Waals surface area (Å²) in [7, 11) is 0. The second kappa shape index (κ2) is 4.31. The van der Waals surface area contributed by atoms with Crippen LogP contribution in [0.15, 0.2) is 48.5 Å². The highest BCUT2D eigenvalue weighted by atomic mass is 16.5. The number of aromatic hydroxyl groups is 1. The van der Waals surface area contributed by atoms with Crippen LogP contribution in [0.1, 0.15) is 5.56 Å². The van der Waals surface area contributed by atoms with Gasteiger partial charge in [-0.25, -0.2) is 0 Å². The summed E-state index contributed by atoms with van der Waals surface area (Å²) >= 11 is 0. The monoisotopic (exact) mass is 255 g/mol. The molecule has 0 saturated carbocycles. The van der Waals surface area contributed by atoms with Gasteiger partial charge in [0, 0.05) is 12.5 Å². The number of benzene rings is 2. The largest absolute Gasteiger partial charge is 0.508 e. The van der Waals surface area contributed by atoms with Crippen LogP contribution in [0.4, 0.5) is 5.69 Å². The summed E-state index contributed by atoms with van der Waals surface area (Å²) < 4.78 is 5.71. The molecule has 96 valence electrons. The molecule has 0 fully saturated rings. The van der Waals surface area contributed by atoms with E-state index in [-0.39, 0.29) is 5.75 Å². The van der Waals surface area contributed by atoms with E-state index in [0.717, 1.165) is 11.8 Å². The van der Waals surface area contributed by atoms with Crippen LogP contribution in [0.25, 0.3) is 0 Å². The molecule has 0 saturated heterocycles. The van der Waals surface area contributed by atoms with E-state index >= 15 is 0 Å². The van der Waals surface area contributed by atoms with Crippen molar-refractivity contribution in [2.24, 2.45) is 0 Å². The Balaban J connectivity index is 1.89. The van der Waals surface area contributed by atoms with Gasteiger partial charge in [-0.05, 0) is 17.7 Å². The van der Waals surface area contributed by atoms with E-state index in [1.165, 1.54) is 6.07 Å². The Morgan fingerprint density at radius 1 is 1.21 bits per heavy atom. The smallest absolute Gasteiger partial charge is 0.241 e. The molecular formula is C15H13NO3. The predicted molar refractivity (Wildman–Crippen MR) is 71.3 cm³/mol. The fourth-order valence-electron chi connectivity index (χ4n) is 2.23. The Morgan fingerprint density at radius 3 is 2.74 bits per heavy atom. The van der Waals surface area contributed by atoms with Crippen molar-refractivity contribution in [2.75, 3.05) is 5.32 Å². The molecule has 0 aromatic heterocycles. The summed E-state index contributed by atoms with van der Waals surface area (Å²) in [6.07, 6.45) is 1.18. The van der Waals surface area contributed by atoms with Gasteiger partial charge in [0.15, 0.2) is 6.29 Å². The predicted octanol–water partition coefficient (Wildman–Crippen LogP) is 2.33. The van der Waals surface area contributed by atoms with Gasteiger partial charge in [0.2, 0.25) is 5.72 Å². The van der Waals surface area contributed by atoms with E-state index in [1.54, 1.807) is 12.1 Å². The van der Waals surface area contributed by atoms with Crippen LogP contribution >= 0.6 is 0 Å². The molecule has 1 unspecified atom stereocenters. The highest BCUT2D eigenvalue weighted by Gasteiger charge is 2.39. The number of nitrogens with one attached hydrogen (secondary N) is 1. The Hall–Kier alpha value is -2.49. The molecule has 1 atom stereocenters. The SMILES string of the molecule is O=CC1(Cc2ccccc2)Nc2cc(O)ccc2O1. The molecule has 2 N–H and O–H groups in total. The van der Waals surface area contributed by atoms with Crippen molar-refractivity contribution in [2.45, 2.75) is 12.1 Å². The highest BCUT2D eigenvalue weighted by molar-refractivity contribution is 5.77. The molecule has 4 nitrogen and oxygen atoms in total. The van der Waals surface area contributed by atoms with Crippen LogP contribution < -0.4 is 10.1 Å². The number of phenols is 1. The Bertz CT molecular complexity index is 612. The summed E-state index contributed by atoms with van der Waals surface area (Å²) in [5, 5.41) is 12.5. The van der Waals surface area contributed by atoms with Crippen molar-refractivity contribution in [1.29, 1.82) is 0 Å². The molecule has 0 spiro atoms. The van der Waals surface area contributed by atoms with Gasteiger partial charge in [0.25, 0.3) is 0 Å². The number of hydrogen-bond donors (Lipinski definition) is 2. The van der Waals surface area contributed by atoms with E-state index in [9.17, 15) is 9.90 Å². The van der Waals surface area contributed by atoms with Gasteiger partial charge in [0.05, 0.1) is 5.69 Å². The fraction of sp³-hybridized carbons (Fsp3) is 0.133. The average Bonchev–Trinajstić information content (AvgIpc) is 2.78. The number of carbonyl (C=O) groups excluding carboxylic acids is 1.